The number of hydrogen-bond acceptors (Lipinski definition) is 3. The summed E-state index contributed by atoms with van der Waals surface area (Å²) in [5.74, 6) is 0. The first-order valence-electron chi connectivity index (χ1n) is 6.24. The van der Waals surface area contributed by atoms with E-state index >= 15 is 0 Å². The van der Waals surface area contributed by atoms with Crippen molar-refractivity contribution in [3.8, 4) is 0 Å². The van der Waals surface area contributed by atoms with E-state index in [2.05, 4.69) is 36.0 Å². The van der Waals surface area contributed by atoms with Crippen molar-refractivity contribution in [1.82, 2.24) is 15.1 Å². The van der Waals surface area contributed by atoms with Gasteiger partial charge >= 0.3 is 0 Å². The minimum absolute atomic E-state index is 0.707. The van der Waals surface area contributed by atoms with E-state index in [1.54, 1.807) is 0 Å². The smallest absolute Gasteiger partial charge is 0.0195 e. The van der Waals surface area contributed by atoms with Gasteiger partial charge < -0.3 is 10.2 Å². The average Bonchev–Trinajstić information content (AvgIpc) is 2.21. The van der Waals surface area contributed by atoms with Crippen LogP contribution in [0.25, 0.3) is 0 Å². The van der Waals surface area contributed by atoms with Gasteiger partial charge in [0.05, 0.1) is 0 Å². The lowest BCUT2D eigenvalue weighted by Gasteiger charge is -2.42. The molecule has 0 aromatic rings. The first-order chi connectivity index (χ1) is 7.15. The lowest BCUT2D eigenvalue weighted by atomic mass is 10.1. The van der Waals surface area contributed by atoms with E-state index in [1.165, 1.54) is 32.5 Å². The minimum Gasteiger partial charge on any atom is -0.320 e. The van der Waals surface area contributed by atoms with Crippen molar-refractivity contribution >= 4 is 0 Å². The number of nitrogens with zero attached hydrogens (tertiary/aromatic N) is 2. The molecule has 3 heteroatoms. The third kappa shape index (κ3) is 4.09. The Morgan fingerprint density at radius 3 is 2.27 bits per heavy atom. The Bertz CT molecular complexity index is 160. The predicted molar refractivity (Wildman–Crippen MR) is 66.3 cm³/mol. The molecule has 1 fully saturated rings. The minimum atomic E-state index is 0.707. The van der Waals surface area contributed by atoms with E-state index in [0.717, 1.165) is 6.54 Å². The molecule has 0 aromatic heterocycles. The molecular weight excluding hydrogens is 186 g/mol. The number of unbranched alkanes of at least 4 members (excludes halogenated alkanes) is 1. The number of rotatable bonds is 5. The summed E-state index contributed by atoms with van der Waals surface area (Å²) in [4.78, 5) is 5.11. The van der Waals surface area contributed by atoms with Gasteiger partial charge in [0.25, 0.3) is 0 Å². The van der Waals surface area contributed by atoms with Gasteiger partial charge in [-0.15, -0.1) is 0 Å². The molecule has 0 spiro atoms. The first kappa shape index (κ1) is 12.9. The molecule has 90 valence electrons. The van der Waals surface area contributed by atoms with E-state index in [0.29, 0.717) is 12.1 Å². The van der Waals surface area contributed by atoms with Crippen molar-refractivity contribution in [2.45, 2.75) is 38.8 Å². The van der Waals surface area contributed by atoms with Crippen molar-refractivity contribution in [3.63, 3.8) is 0 Å². The highest BCUT2D eigenvalue weighted by Crippen LogP contribution is 2.13. The summed E-state index contributed by atoms with van der Waals surface area (Å²) in [5, 5.41) is 3.20. The molecule has 0 bridgehead atoms. The Kier molecular flexibility index (Phi) is 5.58. The largest absolute Gasteiger partial charge is 0.320 e. The Hall–Kier alpha value is -0.120. The molecule has 1 aliphatic rings. The highest BCUT2D eigenvalue weighted by molar-refractivity contribution is 4.82. The summed E-state index contributed by atoms with van der Waals surface area (Å²) in [6, 6.07) is 1.41. The van der Waals surface area contributed by atoms with Crippen molar-refractivity contribution in [3.05, 3.63) is 0 Å². The molecule has 3 nitrogen and oxygen atoms in total. The van der Waals surface area contributed by atoms with E-state index in [4.69, 9.17) is 0 Å². The van der Waals surface area contributed by atoms with Gasteiger partial charge in [-0.05, 0) is 53.9 Å². The number of hydrogen-bond donors (Lipinski definition) is 1. The Balaban J connectivity index is 2.20. The number of nitrogens with one attached hydrogen (secondary N) is 1. The quantitative estimate of drug-likeness (QED) is 0.688. The number of piperazine rings is 1. The van der Waals surface area contributed by atoms with Crippen LogP contribution < -0.4 is 5.32 Å². The zero-order chi connectivity index (χ0) is 11.3. The fourth-order valence-corrected chi connectivity index (χ4v) is 2.33. The lowest BCUT2D eigenvalue weighted by molar-refractivity contribution is 0.0592. The van der Waals surface area contributed by atoms with Crippen molar-refractivity contribution in [1.29, 1.82) is 0 Å². The summed E-state index contributed by atoms with van der Waals surface area (Å²) in [6.45, 7) is 9.55. The standard InChI is InChI=1S/C12H27N3/c1-11-9-15(8-6-5-7-13-3)10-12(2)14(11)4/h11-13H,5-10H2,1-4H3. The summed E-state index contributed by atoms with van der Waals surface area (Å²) in [5.41, 5.74) is 0. The molecule has 1 rings (SSSR count). The van der Waals surface area contributed by atoms with Crippen LogP contribution in [0.2, 0.25) is 0 Å². The van der Waals surface area contributed by atoms with Crippen LogP contribution >= 0.6 is 0 Å². The van der Waals surface area contributed by atoms with E-state index in [9.17, 15) is 0 Å². The normalized spacial score (nSPS) is 29.6. The third-order valence-corrected chi connectivity index (χ3v) is 3.59. The molecule has 1 aliphatic heterocycles. The second kappa shape index (κ2) is 6.46. The SMILES string of the molecule is CNCCCCN1CC(C)N(C)C(C)C1. The van der Waals surface area contributed by atoms with Crippen molar-refractivity contribution < 1.29 is 0 Å². The Labute approximate surface area is 94.8 Å². The number of likely N-dealkylation sites (N-methyl/N-ethyl adjacent to an activating group) is 1. The fourth-order valence-electron chi connectivity index (χ4n) is 2.33. The van der Waals surface area contributed by atoms with Crippen LogP contribution in [0, 0.1) is 0 Å². The second-order valence-electron chi connectivity index (χ2n) is 4.93. The van der Waals surface area contributed by atoms with E-state index in [-0.39, 0.29) is 0 Å². The summed E-state index contributed by atoms with van der Waals surface area (Å²) >= 11 is 0. The summed E-state index contributed by atoms with van der Waals surface area (Å²) < 4.78 is 0. The van der Waals surface area contributed by atoms with Crippen LogP contribution in [-0.2, 0) is 0 Å². The van der Waals surface area contributed by atoms with Gasteiger partial charge in [0.1, 0.15) is 0 Å². The molecule has 0 aromatic carbocycles. The molecule has 0 amide bonds. The van der Waals surface area contributed by atoms with Crippen LogP contribution in [0.4, 0.5) is 0 Å². The fraction of sp³-hybridized carbons (Fsp3) is 1.00. The molecule has 1 heterocycles. The lowest BCUT2D eigenvalue weighted by Crippen LogP contribution is -2.54. The third-order valence-electron chi connectivity index (χ3n) is 3.59. The van der Waals surface area contributed by atoms with Gasteiger partial charge in [-0.3, -0.25) is 4.90 Å². The maximum Gasteiger partial charge on any atom is 0.0195 e. The Morgan fingerprint density at radius 2 is 1.73 bits per heavy atom. The van der Waals surface area contributed by atoms with Gasteiger partial charge in [0.2, 0.25) is 0 Å². The molecular formula is C12H27N3. The molecule has 2 atom stereocenters. The van der Waals surface area contributed by atoms with Gasteiger partial charge in [-0.1, -0.05) is 0 Å². The predicted octanol–water partition coefficient (Wildman–Crippen LogP) is 1.01. The molecule has 0 saturated carbocycles. The first-order valence-corrected chi connectivity index (χ1v) is 6.24. The zero-order valence-electron chi connectivity index (χ0n) is 10.8. The monoisotopic (exact) mass is 213 g/mol. The van der Waals surface area contributed by atoms with Crippen LogP contribution in [-0.4, -0.2) is 62.2 Å². The molecule has 0 radical (unpaired) electrons. The van der Waals surface area contributed by atoms with Gasteiger partial charge in [0.15, 0.2) is 0 Å². The zero-order valence-corrected chi connectivity index (χ0v) is 10.8. The summed E-state index contributed by atoms with van der Waals surface area (Å²) in [7, 11) is 4.27. The average molecular weight is 213 g/mol. The molecule has 1 saturated heterocycles. The molecule has 1 N–H and O–H groups in total. The van der Waals surface area contributed by atoms with E-state index in [1.807, 2.05) is 7.05 Å². The van der Waals surface area contributed by atoms with Crippen LogP contribution in [0.5, 0.6) is 0 Å². The van der Waals surface area contributed by atoms with Crippen LogP contribution in [0.1, 0.15) is 26.7 Å². The van der Waals surface area contributed by atoms with Gasteiger partial charge in [0, 0.05) is 25.2 Å². The molecule has 15 heavy (non-hydrogen) atoms. The van der Waals surface area contributed by atoms with Crippen LogP contribution in [0.3, 0.4) is 0 Å². The Morgan fingerprint density at radius 1 is 1.13 bits per heavy atom. The van der Waals surface area contributed by atoms with Gasteiger partial charge in [-0.25, -0.2) is 0 Å². The van der Waals surface area contributed by atoms with E-state index < -0.39 is 0 Å². The molecule has 0 aliphatic carbocycles. The maximum absolute atomic E-state index is 3.20. The van der Waals surface area contributed by atoms with Crippen molar-refractivity contribution in [2.75, 3.05) is 40.3 Å². The van der Waals surface area contributed by atoms with Crippen molar-refractivity contribution in [2.24, 2.45) is 0 Å². The second-order valence-corrected chi connectivity index (χ2v) is 4.93. The summed E-state index contributed by atoms with van der Waals surface area (Å²) in [6.07, 6.45) is 2.62. The topological polar surface area (TPSA) is 18.5 Å². The van der Waals surface area contributed by atoms with Gasteiger partial charge in [-0.2, -0.15) is 0 Å². The maximum atomic E-state index is 3.20. The van der Waals surface area contributed by atoms with Crippen LogP contribution in [0.15, 0.2) is 0 Å². The highest BCUT2D eigenvalue weighted by Gasteiger charge is 2.25. The molecule has 2 unspecified atom stereocenters. The highest BCUT2D eigenvalue weighted by atomic mass is 15.3.